The number of ether oxygens (including phenoxy) is 1. The molecule has 0 saturated heterocycles. The molecule has 124 valence electrons. The first-order valence-corrected chi connectivity index (χ1v) is 8.19. The molecule has 0 aliphatic carbocycles. The molecule has 23 heavy (non-hydrogen) atoms. The lowest BCUT2D eigenvalue weighted by Gasteiger charge is -2.08. The molecule has 2 aromatic rings. The molecular weight excluding hydrogens is 290 g/mol. The van der Waals surface area contributed by atoms with Gasteiger partial charge < -0.3 is 14.5 Å². The molecule has 0 atom stereocenters. The fourth-order valence-electron chi connectivity index (χ4n) is 2.15. The molecule has 1 amide bonds. The van der Waals surface area contributed by atoms with Crippen LogP contribution in [0.4, 0.5) is 0 Å². The van der Waals surface area contributed by atoms with Gasteiger partial charge in [-0.1, -0.05) is 39.3 Å². The molecule has 0 unspecified atom stereocenters. The van der Waals surface area contributed by atoms with Crippen molar-refractivity contribution < 1.29 is 13.9 Å². The minimum absolute atomic E-state index is 0.175. The number of benzene rings is 1. The summed E-state index contributed by atoms with van der Waals surface area (Å²) in [4.78, 5) is 11.9. The second-order valence-corrected chi connectivity index (χ2v) is 5.89. The van der Waals surface area contributed by atoms with Crippen LogP contribution in [0.5, 0.6) is 5.75 Å². The molecule has 0 bridgehead atoms. The highest BCUT2D eigenvalue weighted by molar-refractivity contribution is 5.91. The summed E-state index contributed by atoms with van der Waals surface area (Å²) in [5.74, 6) is 2.09. The van der Waals surface area contributed by atoms with Crippen LogP contribution in [0.15, 0.2) is 40.8 Å². The van der Waals surface area contributed by atoms with Gasteiger partial charge in [0.25, 0.3) is 5.91 Å². The van der Waals surface area contributed by atoms with Gasteiger partial charge in [-0.15, -0.1) is 0 Å². The van der Waals surface area contributed by atoms with Gasteiger partial charge in [-0.3, -0.25) is 4.79 Å². The van der Waals surface area contributed by atoms with E-state index in [1.807, 2.05) is 12.1 Å². The average molecular weight is 315 g/mol. The van der Waals surface area contributed by atoms with Crippen LogP contribution in [0.25, 0.3) is 0 Å². The molecular formula is C19H25NO3. The van der Waals surface area contributed by atoms with Crippen LogP contribution in [0, 0.1) is 0 Å². The summed E-state index contributed by atoms with van der Waals surface area (Å²) in [5, 5.41) is 2.83. The van der Waals surface area contributed by atoms with Crippen molar-refractivity contribution in [3.05, 3.63) is 53.5 Å². The van der Waals surface area contributed by atoms with Gasteiger partial charge in [-0.2, -0.15) is 0 Å². The lowest BCUT2D eigenvalue weighted by molar-refractivity contribution is 0.0921. The number of hydrogen-bond donors (Lipinski definition) is 1. The third kappa shape index (κ3) is 5.16. The van der Waals surface area contributed by atoms with Crippen molar-refractivity contribution in [2.75, 3.05) is 6.54 Å². The Labute approximate surface area is 137 Å². The SMILES string of the molecule is CCCCNC(=O)c1ccc(COc2ccc(C(C)C)cc2)o1. The highest BCUT2D eigenvalue weighted by atomic mass is 16.5. The lowest BCUT2D eigenvalue weighted by atomic mass is 10.0. The molecule has 1 aromatic heterocycles. The summed E-state index contributed by atoms with van der Waals surface area (Å²) < 4.78 is 11.2. The number of nitrogens with one attached hydrogen (secondary N) is 1. The fourth-order valence-corrected chi connectivity index (χ4v) is 2.15. The Morgan fingerprint density at radius 2 is 1.91 bits per heavy atom. The maximum atomic E-state index is 11.9. The Balaban J connectivity index is 1.85. The first-order valence-electron chi connectivity index (χ1n) is 8.19. The maximum Gasteiger partial charge on any atom is 0.286 e. The molecule has 1 aromatic carbocycles. The molecule has 0 spiro atoms. The molecule has 1 N–H and O–H groups in total. The van der Waals surface area contributed by atoms with Gasteiger partial charge >= 0.3 is 0 Å². The molecule has 0 aliphatic rings. The van der Waals surface area contributed by atoms with Gasteiger partial charge in [-0.05, 0) is 42.2 Å². The first kappa shape index (κ1) is 17.1. The summed E-state index contributed by atoms with van der Waals surface area (Å²) in [6.07, 6.45) is 2.02. The second kappa shape index (κ2) is 8.42. The number of carbonyl (C=O) groups is 1. The van der Waals surface area contributed by atoms with Crippen molar-refractivity contribution in [2.45, 2.75) is 46.1 Å². The zero-order chi connectivity index (χ0) is 16.7. The predicted molar refractivity (Wildman–Crippen MR) is 90.8 cm³/mol. The topological polar surface area (TPSA) is 51.5 Å². The Bertz CT molecular complexity index is 614. The number of unbranched alkanes of at least 4 members (excludes halogenated alkanes) is 1. The van der Waals surface area contributed by atoms with E-state index in [0.29, 0.717) is 30.6 Å². The molecule has 1 heterocycles. The Hall–Kier alpha value is -2.23. The molecule has 2 rings (SSSR count). The van der Waals surface area contributed by atoms with Gasteiger partial charge in [0, 0.05) is 6.54 Å². The first-order chi connectivity index (χ1) is 11.1. The van der Waals surface area contributed by atoms with Gasteiger partial charge in [0.05, 0.1) is 0 Å². The van der Waals surface area contributed by atoms with Gasteiger partial charge in [0.15, 0.2) is 5.76 Å². The number of furan rings is 1. The fraction of sp³-hybridized carbons (Fsp3) is 0.421. The smallest absolute Gasteiger partial charge is 0.286 e. The Morgan fingerprint density at radius 3 is 2.57 bits per heavy atom. The number of amides is 1. The van der Waals surface area contributed by atoms with E-state index in [1.165, 1.54) is 5.56 Å². The second-order valence-electron chi connectivity index (χ2n) is 5.89. The monoisotopic (exact) mass is 315 g/mol. The van der Waals surface area contributed by atoms with E-state index in [2.05, 4.69) is 38.2 Å². The Morgan fingerprint density at radius 1 is 1.17 bits per heavy atom. The molecule has 0 radical (unpaired) electrons. The summed E-state index contributed by atoms with van der Waals surface area (Å²) in [6, 6.07) is 11.5. The van der Waals surface area contributed by atoms with E-state index in [1.54, 1.807) is 12.1 Å². The quantitative estimate of drug-likeness (QED) is 0.729. The minimum Gasteiger partial charge on any atom is -0.486 e. The summed E-state index contributed by atoms with van der Waals surface area (Å²) >= 11 is 0. The van der Waals surface area contributed by atoms with Crippen LogP contribution >= 0.6 is 0 Å². The minimum atomic E-state index is -0.175. The van der Waals surface area contributed by atoms with E-state index < -0.39 is 0 Å². The van der Waals surface area contributed by atoms with Crippen LogP contribution in [0.3, 0.4) is 0 Å². The van der Waals surface area contributed by atoms with Crippen LogP contribution < -0.4 is 10.1 Å². The normalized spacial score (nSPS) is 10.8. The summed E-state index contributed by atoms with van der Waals surface area (Å²) in [5.41, 5.74) is 1.28. The number of hydrogen-bond acceptors (Lipinski definition) is 3. The molecule has 0 aliphatic heterocycles. The van der Waals surface area contributed by atoms with Gasteiger partial charge in [-0.25, -0.2) is 0 Å². The van der Waals surface area contributed by atoms with Gasteiger partial charge in [0.1, 0.15) is 18.1 Å². The highest BCUT2D eigenvalue weighted by Gasteiger charge is 2.10. The standard InChI is InChI=1S/C19H25NO3/c1-4-5-12-20-19(21)18-11-10-17(23-18)13-22-16-8-6-15(7-9-16)14(2)3/h6-11,14H,4-5,12-13H2,1-3H3,(H,20,21). The van der Waals surface area contributed by atoms with E-state index in [-0.39, 0.29) is 5.91 Å². The van der Waals surface area contributed by atoms with Crippen molar-refractivity contribution in [1.29, 1.82) is 0 Å². The Kier molecular flexibility index (Phi) is 6.27. The largest absolute Gasteiger partial charge is 0.486 e. The molecule has 0 fully saturated rings. The van der Waals surface area contributed by atoms with Crippen LogP contribution in [-0.2, 0) is 6.61 Å². The van der Waals surface area contributed by atoms with E-state index in [0.717, 1.165) is 18.6 Å². The van der Waals surface area contributed by atoms with Crippen molar-refractivity contribution in [1.82, 2.24) is 5.32 Å². The molecule has 4 nitrogen and oxygen atoms in total. The van der Waals surface area contributed by atoms with Gasteiger partial charge in [0.2, 0.25) is 0 Å². The van der Waals surface area contributed by atoms with Crippen molar-refractivity contribution >= 4 is 5.91 Å². The van der Waals surface area contributed by atoms with Crippen LogP contribution in [0.1, 0.15) is 61.4 Å². The highest BCUT2D eigenvalue weighted by Crippen LogP contribution is 2.19. The third-order valence-corrected chi connectivity index (χ3v) is 3.63. The summed E-state index contributed by atoms with van der Waals surface area (Å²) in [6.45, 7) is 7.38. The predicted octanol–water partition coefficient (Wildman–Crippen LogP) is 4.51. The molecule has 4 heteroatoms. The molecule has 0 saturated carbocycles. The number of rotatable bonds is 8. The average Bonchev–Trinajstić information content (AvgIpc) is 3.02. The zero-order valence-corrected chi connectivity index (χ0v) is 14.1. The maximum absolute atomic E-state index is 11.9. The third-order valence-electron chi connectivity index (χ3n) is 3.63. The van der Waals surface area contributed by atoms with Crippen molar-refractivity contribution in [3.8, 4) is 5.75 Å². The lowest BCUT2D eigenvalue weighted by Crippen LogP contribution is -2.23. The van der Waals surface area contributed by atoms with Crippen molar-refractivity contribution in [2.24, 2.45) is 0 Å². The van der Waals surface area contributed by atoms with Crippen molar-refractivity contribution in [3.63, 3.8) is 0 Å². The van der Waals surface area contributed by atoms with E-state index in [4.69, 9.17) is 9.15 Å². The van der Waals surface area contributed by atoms with E-state index in [9.17, 15) is 4.79 Å². The summed E-state index contributed by atoms with van der Waals surface area (Å²) in [7, 11) is 0. The van der Waals surface area contributed by atoms with Crippen LogP contribution in [-0.4, -0.2) is 12.5 Å². The van der Waals surface area contributed by atoms with E-state index >= 15 is 0 Å². The van der Waals surface area contributed by atoms with Crippen LogP contribution in [0.2, 0.25) is 0 Å². The zero-order valence-electron chi connectivity index (χ0n) is 14.1. The number of carbonyl (C=O) groups excluding carboxylic acids is 1.